The summed E-state index contributed by atoms with van der Waals surface area (Å²) >= 11 is 0. The van der Waals surface area contributed by atoms with Gasteiger partial charge in [0.1, 0.15) is 0 Å². The van der Waals surface area contributed by atoms with Crippen molar-refractivity contribution >= 4 is 21.5 Å². The van der Waals surface area contributed by atoms with Crippen LogP contribution in [0.15, 0.2) is 212 Å². The lowest BCUT2D eigenvalue weighted by Gasteiger charge is -2.34. The van der Waals surface area contributed by atoms with E-state index in [0.29, 0.717) is 17.5 Å². The summed E-state index contributed by atoms with van der Waals surface area (Å²) in [6.45, 7) is 0. The molecule has 266 valence electrons. The molecular formula is C54H35N3. The third-order valence-corrected chi connectivity index (χ3v) is 11.6. The molecule has 57 heavy (non-hydrogen) atoms. The second kappa shape index (κ2) is 13.4. The van der Waals surface area contributed by atoms with Gasteiger partial charge in [0, 0.05) is 16.7 Å². The predicted octanol–water partition coefficient (Wildman–Crippen LogP) is 13.2. The van der Waals surface area contributed by atoms with Crippen LogP contribution < -0.4 is 0 Å². The van der Waals surface area contributed by atoms with Crippen LogP contribution >= 0.6 is 0 Å². The van der Waals surface area contributed by atoms with Gasteiger partial charge >= 0.3 is 0 Å². The van der Waals surface area contributed by atoms with Crippen LogP contribution in [0.5, 0.6) is 0 Å². The van der Waals surface area contributed by atoms with E-state index in [0.717, 1.165) is 27.6 Å². The number of hydrogen-bond acceptors (Lipinski definition) is 3. The second-order valence-electron chi connectivity index (χ2n) is 14.7. The van der Waals surface area contributed by atoms with E-state index in [1.54, 1.807) is 0 Å². The molecule has 3 heteroatoms. The van der Waals surface area contributed by atoms with Gasteiger partial charge in [-0.3, -0.25) is 0 Å². The Morgan fingerprint density at radius 1 is 0.298 bits per heavy atom. The number of benzene rings is 9. The van der Waals surface area contributed by atoms with Gasteiger partial charge in [-0.25, -0.2) is 15.0 Å². The van der Waals surface area contributed by atoms with E-state index in [4.69, 9.17) is 15.0 Å². The Morgan fingerprint density at radius 3 is 1.54 bits per heavy atom. The van der Waals surface area contributed by atoms with E-state index in [1.165, 1.54) is 55.1 Å². The average molecular weight is 726 g/mol. The van der Waals surface area contributed by atoms with E-state index in [2.05, 4.69) is 194 Å². The van der Waals surface area contributed by atoms with Crippen LogP contribution in [0.1, 0.15) is 22.3 Å². The van der Waals surface area contributed by atoms with Crippen LogP contribution in [0, 0.1) is 0 Å². The van der Waals surface area contributed by atoms with Crippen LogP contribution in [0.25, 0.3) is 78.0 Å². The molecule has 0 radical (unpaired) electrons. The highest BCUT2D eigenvalue weighted by Gasteiger charge is 2.46. The Bertz CT molecular complexity index is 3080. The quantitative estimate of drug-likeness (QED) is 0.171. The lowest BCUT2D eigenvalue weighted by Crippen LogP contribution is -2.28. The normalized spacial score (nSPS) is 12.7. The van der Waals surface area contributed by atoms with Crippen molar-refractivity contribution in [1.82, 2.24) is 15.0 Å². The summed E-state index contributed by atoms with van der Waals surface area (Å²) in [5, 5.41) is 4.77. The summed E-state index contributed by atoms with van der Waals surface area (Å²) in [4.78, 5) is 15.3. The number of rotatable bonds is 6. The summed E-state index contributed by atoms with van der Waals surface area (Å²) < 4.78 is 0. The fourth-order valence-corrected chi connectivity index (χ4v) is 9.05. The fourth-order valence-electron chi connectivity index (χ4n) is 9.05. The summed E-state index contributed by atoms with van der Waals surface area (Å²) in [6.07, 6.45) is 0. The summed E-state index contributed by atoms with van der Waals surface area (Å²) in [7, 11) is 0. The molecule has 0 N–H and O–H groups in total. The van der Waals surface area contributed by atoms with E-state index in [1.807, 2.05) is 18.2 Å². The molecule has 10 aromatic rings. The molecule has 0 fully saturated rings. The van der Waals surface area contributed by atoms with Crippen LogP contribution in [0.3, 0.4) is 0 Å². The largest absolute Gasteiger partial charge is 0.208 e. The van der Waals surface area contributed by atoms with Crippen LogP contribution in [0.2, 0.25) is 0 Å². The van der Waals surface area contributed by atoms with Crippen molar-refractivity contribution in [3.63, 3.8) is 0 Å². The molecule has 1 aliphatic rings. The van der Waals surface area contributed by atoms with E-state index in [9.17, 15) is 0 Å². The van der Waals surface area contributed by atoms with Crippen molar-refractivity contribution < 1.29 is 0 Å². The smallest absolute Gasteiger partial charge is 0.164 e. The number of fused-ring (bicyclic) bond motifs is 6. The first-order valence-electron chi connectivity index (χ1n) is 19.4. The minimum absolute atomic E-state index is 0.477. The van der Waals surface area contributed by atoms with Gasteiger partial charge in [0.2, 0.25) is 0 Å². The number of nitrogens with zero attached hydrogens (tertiary/aromatic N) is 3. The Labute approximate surface area is 331 Å². The maximum Gasteiger partial charge on any atom is 0.164 e. The molecule has 11 rings (SSSR count). The molecule has 0 amide bonds. The fraction of sp³-hybridized carbons (Fsp3) is 0.0185. The van der Waals surface area contributed by atoms with Crippen molar-refractivity contribution in [2.45, 2.75) is 5.41 Å². The topological polar surface area (TPSA) is 38.7 Å². The number of hydrogen-bond donors (Lipinski definition) is 0. The average Bonchev–Trinajstić information content (AvgIpc) is 3.61. The predicted molar refractivity (Wildman–Crippen MR) is 234 cm³/mol. The molecule has 1 aromatic heterocycles. The zero-order valence-corrected chi connectivity index (χ0v) is 31.0. The SMILES string of the molecule is c1ccc(-c2nc(-c3cccc(-c4cccc5ccc6c(c45)-c4ccccc4C6(c4ccccc4)c4ccccc4)c3)nc(-c3ccc4ccccc4c3)n2)cc1. The Hall–Kier alpha value is -7.49. The van der Waals surface area contributed by atoms with Gasteiger partial charge in [-0.05, 0) is 78.2 Å². The van der Waals surface area contributed by atoms with Crippen LogP contribution in [-0.4, -0.2) is 15.0 Å². The van der Waals surface area contributed by atoms with Gasteiger partial charge in [-0.2, -0.15) is 0 Å². The van der Waals surface area contributed by atoms with Gasteiger partial charge in [0.25, 0.3) is 0 Å². The molecule has 0 unspecified atom stereocenters. The molecule has 0 aliphatic heterocycles. The maximum atomic E-state index is 5.15. The second-order valence-corrected chi connectivity index (χ2v) is 14.7. The Morgan fingerprint density at radius 2 is 0.807 bits per heavy atom. The molecule has 0 saturated heterocycles. The zero-order valence-electron chi connectivity index (χ0n) is 31.0. The standard InChI is InChI=1S/C54H35N3/c1-4-17-38(18-5-1)51-55-52(57-53(56-51)42-31-30-36-16-10-11-19-39(36)34-42)41-22-14-21-40(35-41)45-28-15-20-37-32-33-48-50(49(37)45)46-27-12-13-29-47(46)54(48,43-23-6-2-7-24-43)44-25-8-3-9-26-44/h1-35H. The van der Waals surface area contributed by atoms with Gasteiger partial charge in [0.15, 0.2) is 17.5 Å². The molecular weight excluding hydrogens is 691 g/mol. The summed E-state index contributed by atoms with van der Waals surface area (Å²) in [5.74, 6) is 1.93. The van der Waals surface area contributed by atoms with Crippen LogP contribution in [-0.2, 0) is 5.41 Å². The lowest BCUT2D eigenvalue weighted by atomic mass is 9.67. The summed E-state index contributed by atoms with van der Waals surface area (Å²) in [6, 6.07) is 76.0. The molecule has 1 aliphatic carbocycles. The van der Waals surface area contributed by atoms with Crippen molar-refractivity contribution in [1.29, 1.82) is 0 Å². The van der Waals surface area contributed by atoms with Crippen molar-refractivity contribution in [2.75, 3.05) is 0 Å². The molecule has 9 aromatic carbocycles. The first kappa shape index (κ1) is 32.9. The monoisotopic (exact) mass is 725 g/mol. The van der Waals surface area contributed by atoms with Gasteiger partial charge in [0.05, 0.1) is 5.41 Å². The molecule has 1 heterocycles. The molecule has 3 nitrogen and oxygen atoms in total. The van der Waals surface area contributed by atoms with Crippen molar-refractivity contribution in [3.05, 3.63) is 235 Å². The molecule has 0 spiro atoms. The highest BCUT2D eigenvalue weighted by Crippen LogP contribution is 2.58. The highest BCUT2D eigenvalue weighted by atomic mass is 15.0. The van der Waals surface area contributed by atoms with Crippen molar-refractivity contribution in [2.24, 2.45) is 0 Å². The Balaban J connectivity index is 1.13. The molecule has 0 atom stereocenters. The molecule has 0 saturated carbocycles. The van der Waals surface area contributed by atoms with Gasteiger partial charge in [-0.1, -0.05) is 200 Å². The third-order valence-electron chi connectivity index (χ3n) is 11.6. The third kappa shape index (κ3) is 5.32. The maximum absolute atomic E-state index is 5.15. The van der Waals surface area contributed by atoms with E-state index in [-0.39, 0.29) is 0 Å². The molecule has 0 bridgehead atoms. The first-order valence-corrected chi connectivity index (χ1v) is 19.4. The van der Waals surface area contributed by atoms with Gasteiger partial charge in [-0.15, -0.1) is 0 Å². The zero-order chi connectivity index (χ0) is 37.8. The Kier molecular flexibility index (Phi) is 7.71. The van der Waals surface area contributed by atoms with Crippen molar-refractivity contribution in [3.8, 4) is 56.4 Å². The van der Waals surface area contributed by atoms with Crippen LogP contribution in [0.4, 0.5) is 0 Å². The highest BCUT2D eigenvalue weighted by molar-refractivity contribution is 6.11. The van der Waals surface area contributed by atoms with E-state index < -0.39 is 5.41 Å². The summed E-state index contributed by atoms with van der Waals surface area (Å²) in [5.41, 5.74) is 12.3. The first-order chi connectivity index (χ1) is 28.3. The minimum Gasteiger partial charge on any atom is -0.208 e. The lowest BCUT2D eigenvalue weighted by molar-refractivity contribution is 0.769. The minimum atomic E-state index is -0.477. The van der Waals surface area contributed by atoms with E-state index >= 15 is 0 Å². The van der Waals surface area contributed by atoms with Gasteiger partial charge < -0.3 is 0 Å². The number of aromatic nitrogens is 3.